The highest BCUT2D eigenvalue weighted by molar-refractivity contribution is 6.07. The average molecular weight is 525 g/mol. The first-order valence-corrected chi connectivity index (χ1v) is 11.7. The van der Waals surface area contributed by atoms with Crippen LogP contribution in [0.4, 0.5) is 28.9 Å². The molecular weight excluding hydrogens is 500 g/mol. The highest BCUT2D eigenvalue weighted by atomic mass is 19.4. The number of pyridine rings is 1. The van der Waals surface area contributed by atoms with E-state index in [2.05, 4.69) is 15.6 Å². The Kier molecular flexibility index (Phi) is 7.61. The number of amides is 2. The molecular formula is C28H24F4N4O2. The Morgan fingerprint density at radius 1 is 1.00 bits per heavy atom. The number of nitrogens with zero attached hydrogens (tertiary/aromatic N) is 2. The summed E-state index contributed by atoms with van der Waals surface area (Å²) in [6.45, 7) is 3.72. The number of hydrogen-bond acceptors (Lipinski definition) is 3. The molecule has 0 aliphatic rings. The summed E-state index contributed by atoms with van der Waals surface area (Å²) in [4.78, 5) is 28.9. The summed E-state index contributed by atoms with van der Waals surface area (Å²) in [6, 6.07) is 14.7. The number of carbonyl (C=O) groups is 2. The van der Waals surface area contributed by atoms with Crippen LogP contribution in [0.15, 0.2) is 78.5 Å². The van der Waals surface area contributed by atoms with Crippen LogP contribution < -0.4 is 10.6 Å². The summed E-state index contributed by atoms with van der Waals surface area (Å²) in [5.41, 5.74) is 1.52. The maximum Gasteiger partial charge on any atom is 0.433 e. The number of anilines is 2. The van der Waals surface area contributed by atoms with Crippen LogP contribution in [-0.4, -0.2) is 21.4 Å². The number of halogens is 4. The minimum Gasteiger partial charge on any atom is -0.332 e. The molecule has 2 amide bonds. The van der Waals surface area contributed by atoms with E-state index in [1.165, 1.54) is 6.07 Å². The molecule has 0 saturated heterocycles. The van der Waals surface area contributed by atoms with Crippen molar-refractivity contribution in [1.82, 2.24) is 9.55 Å². The predicted molar refractivity (Wildman–Crippen MR) is 137 cm³/mol. The first-order valence-electron chi connectivity index (χ1n) is 11.7. The highest BCUT2D eigenvalue weighted by Gasteiger charge is 2.32. The van der Waals surface area contributed by atoms with Gasteiger partial charge >= 0.3 is 6.18 Å². The van der Waals surface area contributed by atoms with E-state index in [9.17, 15) is 27.2 Å². The standard InChI is InChI=1S/C28H24F4N4O2/c1-3-17(2)12-26(37)34-20-8-10-23-19(13-20)14-24(36(23)16-18-6-4-5-7-22(18)29)27(38)35-21-9-11-25(33-15-21)28(30,31)32/h3-11,13-15H,12,16H2,1-2H3,(H,34,37)(H,35,38)/b17-3+. The van der Waals surface area contributed by atoms with Gasteiger partial charge in [0.1, 0.15) is 17.2 Å². The lowest BCUT2D eigenvalue weighted by molar-refractivity contribution is -0.141. The third-order valence-electron chi connectivity index (χ3n) is 5.95. The molecule has 0 aliphatic heterocycles. The molecule has 2 N–H and O–H groups in total. The zero-order valence-corrected chi connectivity index (χ0v) is 20.6. The Balaban J connectivity index is 1.68. The normalized spacial score (nSPS) is 12.0. The van der Waals surface area contributed by atoms with E-state index in [4.69, 9.17) is 0 Å². The summed E-state index contributed by atoms with van der Waals surface area (Å²) >= 11 is 0. The van der Waals surface area contributed by atoms with Crippen LogP contribution in [0, 0.1) is 5.82 Å². The zero-order valence-electron chi connectivity index (χ0n) is 20.6. The van der Waals surface area contributed by atoms with E-state index in [-0.39, 0.29) is 30.3 Å². The number of rotatable bonds is 7. The van der Waals surface area contributed by atoms with Gasteiger partial charge in [-0.2, -0.15) is 13.2 Å². The molecule has 0 unspecified atom stereocenters. The average Bonchev–Trinajstić information content (AvgIpc) is 3.22. The van der Waals surface area contributed by atoms with Gasteiger partial charge in [-0.25, -0.2) is 9.37 Å². The molecule has 0 spiro atoms. The lowest BCUT2D eigenvalue weighted by atomic mass is 10.2. The molecule has 2 aromatic heterocycles. The van der Waals surface area contributed by atoms with E-state index in [0.717, 1.165) is 23.9 Å². The highest BCUT2D eigenvalue weighted by Crippen LogP contribution is 2.29. The van der Waals surface area contributed by atoms with Crippen LogP contribution in [-0.2, 0) is 17.5 Å². The monoisotopic (exact) mass is 524 g/mol. The molecule has 0 fully saturated rings. The van der Waals surface area contributed by atoms with E-state index < -0.39 is 23.6 Å². The third kappa shape index (κ3) is 6.08. The summed E-state index contributed by atoms with van der Waals surface area (Å²) in [6.07, 6.45) is -1.60. The van der Waals surface area contributed by atoms with Crippen LogP contribution in [0.2, 0.25) is 0 Å². The van der Waals surface area contributed by atoms with Crippen molar-refractivity contribution in [2.75, 3.05) is 10.6 Å². The van der Waals surface area contributed by atoms with Gasteiger partial charge in [-0.3, -0.25) is 9.59 Å². The van der Waals surface area contributed by atoms with Gasteiger partial charge in [0.2, 0.25) is 5.91 Å². The third-order valence-corrected chi connectivity index (χ3v) is 5.95. The summed E-state index contributed by atoms with van der Waals surface area (Å²) < 4.78 is 54.6. The van der Waals surface area contributed by atoms with Crippen LogP contribution >= 0.6 is 0 Å². The molecule has 4 rings (SSSR count). The second-order valence-electron chi connectivity index (χ2n) is 8.72. The Bertz CT molecular complexity index is 1520. The van der Waals surface area contributed by atoms with Crippen LogP contribution in [0.25, 0.3) is 10.9 Å². The Hall–Kier alpha value is -4.47. The Labute approximate surface area is 216 Å². The molecule has 10 heteroatoms. The molecule has 0 bridgehead atoms. The van der Waals surface area contributed by atoms with Crippen molar-refractivity contribution in [3.63, 3.8) is 0 Å². The summed E-state index contributed by atoms with van der Waals surface area (Å²) in [5.74, 6) is -1.26. The van der Waals surface area contributed by atoms with Gasteiger partial charge in [-0.1, -0.05) is 29.8 Å². The lowest BCUT2D eigenvalue weighted by Gasteiger charge is -2.13. The molecule has 0 atom stereocenters. The molecule has 4 aromatic rings. The zero-order chi connectivity index (χ0) is 27.4. The first kappa shape index (κ1) is 26.6. The maximum absolute atomic E-state index is 14.5. The minimum atomic E-state index is -4.60. The largest absolute Gasteiger partial charge is 0.433 e. The number of fused-ring (bicyclic) bond motifs is 1. The van der Waals surface area contributed by atoms with Crippen molar-refractivity contribution in [3.8, 4) is 0 Å². The fraction of sp³-hybridized carbons (Fsp3) is 0.179. The molecule has 2 aromatic carbocycles. The summed E-state index contributed by atoms with van der Waals surface area (Å²) in [7, 11) is 0. The second-order valence-corrected chi connectivity index (χ2v) is 8.72. The minimum absolute atomic E-state index is 0.0242. The van der Waals surface area contributed by atoms with E-state index in [1.807, 2.05) is 19.9 Å². The van der Waals surface area contributed by atoms with Crippen LogP contribution in [0.3, 0.4) is 0 Å². The molecule has 6 nitrogen and oxygen atoms in total. The molecule has 196 valence electrons. The number of nitrogens with one attached hydrogen (secondary N) is 2. The van der Waals surface area contributed by atoms with Gasteiger partial charge in [-0.15, -0.1) is 0 Å². The second kappa shape index (κ2) is 10.9. The first-order chi connectivity index (χ1) is 18.0. The van der Waals surface area contributed by atoms with Gasteiger partial charge in [0.15, 0.2) is 0 Å². The van der Waals surface area contributed by atoms with Crippen LogP contribution in [0.1, 0.15) is 42.0 Å². The van der Waals surface area contributed by atoms with E-state index in [0.29, 0.717) is 22.2 Å². The van der Waals surface area contributed by atoms with Crippen molar-refractivity contribution in [1.29, 1.82) is 0 Å². The molecule has 0 radical (unpaired) electrons. The van der Waals surface area contributed by atoms with Crippen molar-refractivity contribution < 1.29 is 27.2 Å². The van der Waals surface area contributed by atoms with Crippen molar-refractivity contribution in [2.24, 2.45) is 0 Å². The van der Waals surface area contributed by atoms with Gasteiger partial charge < -0.3 is 15.2 Å². The van der Waals surface area contributed by atoms with Gasteiger partial charge in [-0.05, 0) is 56.3 Å². The number of aromatic nitrogens is 2. The van der Waals surface area contributed by atoms with Gasteiger partial charge in [0.25, 0.3) is 5.91 Å². The maximum atomic E-state index is 14.5. The van der Waals surface area contributed by atoms with Crippen molar-refractivity contribution in [3.05, 3.63) is 101 Å². The fourth-order valence-corrected chi connectivity index (χ4v) is 3.90. The fourth-order valence-electron chi connectivity index (χ4n) is 3.90. The molecule has 2 heterocycles. The predicted octanol–water partition coefficient (Wildman–Crippen LogP) is 6.79. The Morgan fingerprint density at radius 2 is 1.74 bits per heavy atom. The van der Waals surface area contributed by atoms with E-state index >= 15 is 0 Å². The number of allylic oxidation sites excluding steroid dienone is 1. The number of alkyl halides is 3. The summed E-state index contributed by atoms with van der Waals surface area (Å²) in [5, 5.41) is 5.99. The SMILES string of the molecule is C/C=C(\C)CC(=O)Nc1ccc2c(c1)cc(C(=O)Nc1ccc(C(F)(F)F)nc1)n2Cc1ccccc1F. The number of hydrogen-bond donors (Lipinski definition) is 2. The smallest absolute Gasteiger partial charge is 0.332 e. The quantitative estimate of drug-likeness (QED) is 0.207. The molecule has 38 heavy (non-hydrogen) atoms. The van der Waals surface area contributed by atoms with Crippen LogP contribution in [0.5, 0.6) is 0 Å². The lowest BCUT2D eigenvalue weighted by Crippen LogP contribution is -2.18. The number of benzene rings is 2. The van der Waals surface area contributed by atoms with E-state index in [1.54, 1.807) is 47.0 Å². The van der Waals surface area contributed by atoms with Crippen molar-refractivity contribution in [2.45, 2.75) is 33.0 Å². The Morgan fingerprint density at radius 3 is 2.39 bits per heavy atom. The molecule has 0 saturated carbocycles. The van der Waals surface area contributed by atoms with Gasteiger partial charge in [0.05, 0.1) is 18.4 Å². The van der Waals surface area contributed by atoms with Gasteiger partial charge in [0, 0.05) is 28.6 Å². The van der Waals surface area contributed by atoms with Crippen molar-refractivity contribution >= 4 is 34.1 Å². The number of carbonyl (C=O) groups excluding carboxylic acids is 2. The topological polar surface area (TPSA) is 76.0 Å². The molecule has 0 aliphatic carbocycles.